The summed E-state index contributed by atoms with van der Waals surface area (Å²) in [7, 11) is -3.42. The minimum atomic E-state index is -3.42. The van der Waals surface area contributed by atoms with Gasteiger partial charge in [-0.2, -0.15) is 4.31 Å². The van der Waals surface area contributed by atoms with Gasteiger partial charge in [-0.25, -0.2) is 13.4 Å². The van der Waals surface area contributed by atoms with Gasteiger partial charge in [-0.15, -0.1) is 11.8 Å². The second kappa shape index (κ2) is 7.19. The molecule has 1 fully saturated rings. The van der Waals surface area contributed by atoms with Crippen molar-refractivity contribution < 1.29 is 8.42 Å². The molecule has 0 amide bonds. The van der Waals surface area contributed by atoms with Crippen molar-refractivity contribution in [3.05, 3.63) is 48.5 Å². The van der Waals surface area contributed by atoms with Crippen molar-refractivity contribution in [2.24, 2.45) is 0 Å². The number of benzene rings is 2. The molecular weight excluding hydrogens is 386 g/mol. The van der Waals surface area contributed by atoms with Gasteiger partial charge in [0.1, 0.15) is 0 Å². The van der Waals surface area contributed by atoms with Gasteiger partial charge in [0.05, 0.1) is 15.1 Å². The lowest BCUT2D eigenvalue weighted by Gasteiger charge is -2.33. The third kappa shape index (κ3) is 3.22. The highest BCUT2D eigenvalue weighted by Crippen LogP contribution is 2.34. The monoisotopic (exact) mass is 405 g/mol. The van der Waals surface area contributed by atoms with Gasteiger partial charge in [-0.1, -0.05) is 35.6 Å². The zero-order valence-electron chi connectivity index (χ0n) is 14.3. The molecule has 0 radical (unpaired) electrons. The predicted molar refractivity (Wildman–Crippen MR) is 109 cm³/mol. The standard InChI is InChI=1S/C18H19N3O2S3/c1-24-15-8-5-9-16-17(15)19-18(25-16)20-10-12-21(13-11-20)26(22,23)14-6-3-2-4-7-14/h2-9H,10-13H2,1H3. The number of hydrogen-bond donors (Lipinski definition) is 0. The van der Waals surface area contributed by atoms with Crippen molar-refractivity contribution in [1.29, 1.82) is 0 Å². The highest BCUT2D eigenvalue weighted by Gasteiger charge is 2.29. The van der Waals surface area contributed by atoms with Crippen LogP contribution in [0.5, 0.6) is 0 Å². The summed E-state index contributed by atoms with van der Waals surface area (Å²) in [4.78, 5) is 8.53. The molecule has 8 heteroatoms. The molecule has 1 aromatic heterocycles. The Hall–Kier alpha value is -1.61. The van der Waals surface area contributed by atoms with E-state index in [-0.39, 0.29) is 0 Å². The van der Waals surface area contributed by atoms with Gasteiger partial charge >= 0.3 is 0 Å². The molecule has 26 heavy (non-hydrogen) atoms. The maximum atomic E-state index is 12.7. The first-order chi connectivity index (χ1) is 12.6. The van der Waals surface area contributed by atoms with Crippen LogP contribution in [0.4, 0.5) is 5.13 Å². The molecule has 0 unspecified atom stereocenters. The van der Waals surface area contributed by atoms with Crippen molar-refractivity contribution in [3.63, 3.8) is 0 Å². The zero-order chi connectivity index (χ0) is 18.1. The number of piperazine rings is 1. The van der Waals surface area contributed by atoms with E-state index in [4.69, 9.17) is 4.98 Å². The second-order valence-electron chi connectivity index (χ2n) is 6.01. The molecule has 0 atom stereocenters. The lowest BCUT2D eigenvalue weighted by atomic mass is 10.3. The van der Waals surface area contributed by atoms with E-state index in [1.54, 1.807) is 51.7 Å². The molecule has 4 rings (SSSR count). The molecular formula is C18H19N3O2S3. The molecule has 1 saturated heterocycles. The van der Waals surface area contributed by atoms with Crippen LogP contribution in [0.3, 0.4) is 0 Å². The van der Waals surface area contributed by atoms with Gasteiger partial charge in [0.25, 0.3) is 0 Å². The summed E-state index contributed by atoms with van der Waals surface area (Å²) in [5, 5.41) is 0.971. The highest BCUT2D eigenvalue weighted by atomic mass is 32.2. The van der Waals surface area contributed by atoms with Gasteiger partial charge in [-0.05, 0) is 30.5 Å². The Kier molecular flexibility index (Phi) is 4.92. The van der Waals surface area contributed by atoms with Crippen molar-refractivity contribution >= 4 is 48.5 Å². The second-order valence-corrected chi connectivity index (χ2v) is 9.80. The molecule has 0 spiro atoms. The quantitative estimate of drug-likeness (QED) is 0.622. The van der Waals surface area contributed by atoms with Crippen molar-refractivity contribution in [3.8, 4) is 0 Å². The van der Waals surface area contributed by atoms with Crippen LogP contribution in [0, 0.1) is 0 Å². The average Bonchev–Trinajstić information content (AvgIpc) is 3.13. The largest absolute Gasteiger partial charge is 0.345 e. The summed E-state index contributed by atoms with van der Waals surface area (Å²) < 4.78 is 28.2. The summed E-state index contributed by atoms with van der Waals surface area (Å²) in [6.07, 6.45) is 2.06. The summed E-state index contributed by atoms with van der Waals surface area (Å²) in [6.45, 7) is 2.26. The molecule has 0 N–H and O–H groups in total. The summed E-state index contributed by atoms with van der Waals surface area (Å²) >= 11 is 3.37. The number of anilines is 1. The first-order valence-electron chi connectivity index (χ1n) is 8.33. The fourth-order valence-corrected chi connectivity index (χ4v) is 6.19. The zero-order valence-corrected chi connectivity index (χ0v) is 16.8. The number of para-hydroxylation sites is 1. The minimum Gasteiger partial charge on any atom is -0.345 e. The Morgan fingerprint density at radius 3 is 2.42 bits per heavy atom. The minimum absolute atomic E-state index is 0.359. The Labute approximate surface area is 161 Å². The molecule has 0 bridgehead atoms. The van der Waals surface area contributed by atoms with E-state index in [1.807, 2.05) is 6.07 Å². The Balaban J connectivity index is 1.52. The number of thioether (sulfide) groups is 1. The fourth-order valence-electron chi connectivity index (χ4n) is 3.07. The first-order valence-corrected chi connectivity index (χ1v) is 11.8. The van der Waals surface area contributed by atoms with Crippen LogP contribution in [0.25, 0.3) is 10.2 Å². The Morgan fingerprint density at radius 2 is 1.73 bits per heavy atom. The molecule has 0 aliphatic carbocycles. The summed E-state index contributed by atoms with van der Waals surface area (Å²) in [5.41, 5.74) is 1.04. The summed E-state index contributed by atoms with van der Waals surface area (Å²) in [6, 6.07) is 14.9. The SMILES string of the molecule is CSc1cccc2sc(N3CCN(S(=O)(=O)c4ccccc4)CC3)nc12. The number of aromatic nitrogens is 1. The van der Waals surface area contributed by atoms with Crippen molar-refractivity contribution in [2.45, 2.75) is 9.79 Å². The smallest absolute Gasteiger partial charge is 0.243 e. The maximum absolute atomic E-state index is 12.7. The van der Waals surface area contributed by atoms with Crippen LogP contribution in [0.2, 0.25) is 0 Å². The fraction of sp³-hybridized carbons (Fsp3) is 0.278. The number of sulfonamides is 1. The van der Waals surface area contributed by atoms with Gasteiger partial charge in [0.15, 0.2) is 5.13 Å². The number of fused-ring (bicyclic) bond motifs is 1. The summed E-state index contributed by atoms with van der Waals surface area (Å²) in [5.74, 6) is 0. The molecule has 0 saturated carbocycles. The molecule has 1 aliphatic heterocycles. The number of nitrogens with zero attached hydrogens (tertiary/aromatic N) is 3. The average molecular weight is 406 g/mol. The van der Waals surface area contributed by atoms with E-state index >= 15 is 0 Å². The van der Waals surface area contributed by atoms with Crippen LogP contribution in [-0.2, 0) is 10.0 Å². The van der Waals surface area contributed by atoms with Gasteiger partial charge in [0.2, 0.25) is 10.0 Å². The lowest BCUT2D eigenvalue weighted by Crippen LogP contribution is -2.48. The van der Waals surface area contributed by atoms with E-state index < -0.39 is 10.0 Å². The lowest BCUT2D eigenvalue weighted by molar-refractivity contribution is 0.385. The Bertz CT molecular complexity index is 1010. The molecule has 2 heterocycles. The van der Waals surface area contributed by atoms with E-state index in [9.17, 15) is 8.42 Å². The normalized spacial score (nSPS) is 16.3. The molecule has 2 aromatic carbocycles. The van der Waals surface area contributed by atoms with Crippen LogP contribution < -0.4 is 4.90 Å². The van der Waals surface area contributed by atoms with Crippen LogP contribution in [0.1, 0.15) is 0 Å². The number of hydrogen-bond acceptors (Lipinski definition) is 6. The van der Waals surface area contributed by atoms with Gasteiger partial charge in [0, 0.05) is 31.1 Å². The Morgan fingerprint density at radius 1 is 1.00 bits per heavy atom. The van der Waals surface area contributed by atoms with E-state index in [2.05, 4.69) is 29.4 Å². The van der Waals surface area contributed by atoms with Crippen LogP contribution >= 0.6 is 23.1 Å². The van der Waals surface area contributed by atoms with Crippen molar-refractivity contribution in [2.75, 3.05) is 37.3 Å². The topological polar surface area (TPSA) is 53.5 Å². The van der Waals surface area contributed by atoms with E-state index in [0.29, 0.717) is 31.1 Å². The molecule has 1 aliphatic rings. The third-order valence-electron chi connectivity index (χ3n) is 4.48. The van der Waals surface area contributed by atoms with E-state index in [0.717, 1.165) is 10.6 Å². The van der Waals surface area contributed by atoms with Gasteiger partial charge < -0.3 is 4.90 Å². The van der Waals surface area contributed by atoms with Crippen LogP contribution in [-0.4, -0.2) is 50.1 Å². The number of thiazole rings is 1. The van der Waals surface area contributed by atoms with Gasteiger partial charge in [-0.3, -0.25) is 0 Å². The number of rotatable bonds is 4. The third-order valence-corrected chi connectivity index (χ3v) is 8.24. The molecule has 3 aromatic rings. The maximum Gasteiger partial charge on any atom is 0.243 e. The van der Waals surface area contributed by atoms with Crippen LogP contribution in [0.15, 0.2) is 58.3 Å². The molecule has 5 nitrogen and oxygen atoms in total. The van der Waals surface area contributed by atoms with E-state index in [1.165, 1.54) is 9.60 Å². The highest BCUT2D eigenvalue weighted by molar-refractivity contribution is 7.98. The first kappa shape index (κ1) is 17.8. The predicted octanol–water partition coefficient (Wildman–Crippen LogP) is 3.53. The van der Waals surface area contributed by atoms with Crippen molar-refractivity contribution in [1.82, 2.24) is 9.29 Å². The molecule has 136 valence electrons.